The number of hydrogen-bond acceptors (Lipinski definition) is 4. The molecule has 0 saturated heterocycles. The summed E-state index contributed by atoms with van der Waals surface area (Å²) in [5.41, 5.74) is 1.06. The standard InChI is InChI=1S/C17H24N4OS/c1-3-16-21-14(13-23-16)12-20-17(18-2)19-10-7-11-22-15-8-5-4-6-9-15/h4-6,8-9,13H,3,7,10-12H2,1-2H3,(H2,18,19,20). The number of rotatable bonds is 8. The summed E-state index contributed by atoms with van der Waals surface area (Å²) in [7, 11) is 1.77. The van der Waals surface area contributed by atoms with E-state index in [1.54, 1.807) is 18.4 Å². The second kappa shape index (κ2) is 9.84. The van der Waals surface area contributed by atoms with Crippen LogP contribution in [0.15, 0.2) is 40.7 Å². The number of para-hydroxylation sites is 1. The second-order valence-electron chi connectivity index (χ2n) is 4.95. The van der Waals surface area contributed by atoms with Crippen molar-refractivity contribution < 1.29 is 4.74 Å². The number of hydrogen-bond donors (Lipinski definition) is 2. The molecule has 6 heteroatoms. The maximum absolute atomic E-state index is 5.66. The van der Waals surface area contributed by atoms with Gasteiger partial charge in [-0.2, -0.15) is 0 Å². The molecule has 0 radical (unpaired) electrons. The van der Waals surface area contributed by atoms with E-state index in [4.69, 9.17) is 4.74 Å². The molecule has 1 heterocycles. The minimum absolute atomic E-state index is 0.681. The lowest BCUT2D eigenvalue weighted by Crippen LogP contribution is -2.37. The van der Waals surface area contributed by atoms with Crippen LogP contribution in [0.5, 0.6) is 5.75 Å². The fourth-order valence-corrected chi connectivity index (χ4v) is 2.72. The number of thiazole rings is 1. The van der Waals surface area contributed by atoms with Gasteiger partial charge in [0.1, 0.15) is 5.75 Å². The van der Waals surface area contributed by atoms with Crippen LogP contribution in [0, 0.1) is 0 Å². The zero-order valence-electron chi connectivity index (χ0n) is 13.7. The van der Waals surface area contributed by atoms with Crippen LogP contribution >= 0.6 is 11.3 Å². The first-order valence-corrected chi connectivity index (χ1v) is 8.75. The third-order valence-electron chi connectivity index (χ3n) is 3.19. The van der Waals surface area contributed by atoms with Gasteiger partial charge < -0.3 is 15.4 Å². The molecule has 2 rings (SSSR count). The summed E-state index contributed by atoms with van der Waals surface area (Å²) in [5, 5.41) is 9.81. The molecule has 0 spiro atoms. The quantitative estimate of drug-likeness (QED) is 0.443. The summed E-state index contributed by atoms with van der Waals surface area (Å²) < 4.78 is 5.66. The molecule has 124 valence electrons. The van der Waals surface area contributed by atoms with Crippen molar-refractivity contribution >= 4 is 17.3 Å². The summed E-state index contributed by atoms with van der Waals surface area (Å²) >= 11 is 1.70. The normalized spacial score (nSPS) is 11.3. The van der Waals surface area contributed by atoms with Crippen molar-refractivity contribution in [3.8, 4) is 5.75 Å². The third-order valence-corrected chi connectivity index (χ3v) is 4.23. The molecule has 0 aliphatic rings. The molecule has 5 nitrogen and oxygen atoms in total. The van der Waals surface area contributed by atoms with E-state index in [1.165, 1.54) is 5.01 Å². The Bertz CT molecular complexity index is 598. The lowest BCUT2D eigenvalue weighted by atomic mass is 10.3. The topological polar surface area (TPSA) is 58.5 Å². The van der Waals surface area contributed by atoms with Gasteiger partial charge in [-0.3, -0.25) is 4.99 Å². The molecule has 23 heavy (non-hydrogen) atoms. The smallest absolute Gasteiger partial charge is 0.191 e. The summed E-state index contributed by atoms with van der Waals surface area (Å²) in [4.78, 5) is 8.75. The number of aryl methyl sites for hydroxylation is 1. The average Bonchev–Trinajstić information content (AvgIpc) is 3.06. The van der Waals surface area contributed by atoms with E-state index < -0.39 is 0 Å². The van der Waals surface area contributed by atoms with Crippen molar-refractivity contribution in [2.45, 2.75) is 26.3 Å². The van der Waals surface area contributed by atoms with Gasteiger partial charge in [-0.15, -0.1) is 11.3 Å². The number of nitrogens with zero attached hydrogens (tertiary/aromatic N) is 2. The van der Waals surface area contributed by atoms with Gasteiger partial charge in [0.05, 0.1) is 23.9 Å². The van der Waals surface area contributed by atoms with E-state index in [0.717, 1.165) is 36.8 Å². The first kappa shape index (κ1) is 17.3. The molecule has 0 atom stereocenters. The molecule has 2 N–H and O–H groups in total. The fourth-order valence-electron chi connectivity index (χ4n) is 1.97. The Morgan fingerprint density at radius 3 is 2.78 bits per heavy atom. The van der Waals surface area contributed by atoms with Gasteiger partial charge in [-0.05, 0) is 25.0 Å². The van der Waals surface area contributed by atoms with Gasteiger partial charge in [-0.1, -0.05) is 25.1 Å². The molecule has 2 aromatic rings. The maximum atomic E-state index is 5.66. The van der Waals surface area contributed by atoms with Crippen LogP contribution in [0.3, 0.4) is 0 Å². The van der Waals surface area contributed by atoms with Crippen molar-refractivity contribution in [2.75, 3.05) is 20.2 Å². The number of ether oxygens (including phenoxy) is 1. The lowest BCUT2D eigenvalue weighted by Gasteiger charge is -2.11. The van der Waals surface area contributed by atoms with Crippen LogP contribution < -0.4 is 15.4 Å². The SMILES string of the molecule is CCc1nc(CNC(=NC)NCCCOc2ccccc2)cs1. The molecule has 0 amide bonds. The second-order valence-corrected chi connectivity index (χ2v) is 5.90. The fraction of sp³-hybridized carbons (Fsp3) is 0.412. The van der Waals surface area contributed by atoms with Gasteiger partial charge in [0.2, 0.25) is 0 Å². The van der Waals surface area contributed by atoms with Gasteiger partial charge in [-0.25, -0.2) is 4.98 Å². The minimum atomic E-state index is 0.681. The van der Waals surface area contributed by atoms with E-state index in [0.29, 0.717) is 13.2 Å². The summed E-state index contributed by atoms with van der Waals surface area (Å²) in [6.07, 6.45) is 1.89. The third kappa shape index (κ3) is 6.28. The molecular weight excluding hydrogens is 308 g/mol. The highest BCUT2D eigenvalue weighted by atomic mass is 32.1. The van der Waals surface area contributed by atoms with Crippen LogP contribution in [0.4, 0.5) is 0 Å². The van der Waals surface area contributed by atoms with Crippen LogP contribution in [0.2, 0.25) is 0 Å². The highest BCUT2D eigenvalue weighted by Crippen LogP contribution is 2.09. The number of guanidine groups is 1. The number of aromatic nitrogens is 1. The molecule has 0 aliphatic carbocycles. The number of benzene rings is 1. The minimum Gasteiger partial charge on any atom is -0.494 e. The van der Waals surface area contributed by atoms with Crippen molar-refractivity contribution in [2.24, 2.45) is 4.99 Å². The predicted molar refractivity (Wildman–Crippen MR) is 96.2 cm³/mol. The predicted octanol–water partition coefficient (Wildman–Crippen LogP) is 2.84. The molecular formula is C17H24N4OS. The van der Waals surface area contributed by atoms with Crippen molar-refractivity contribution in [3.05, 3.63) is 46.4 Å². The highest BCUT2D eigenvalue weighted by molar-refractivity contribution is 7.09. The van der Waals surface area contributed by atoms with E-state index in [1.807, 2.05) is 30.3 Å². The van der Waals surface area contributed by atoms with Gasteiger partial charge in [0.15, 0.2) is 5.96 Å². The van der Waals surface area contributed by atoms with Gasteiger partial charge in [0, 0.05) is 19.0 Å². The Morgan fingerprint density at radius 2 is 2.09 bits per heavy atom. The Labute approximate surface area is 141 Å². The zero-order valence-corrected chi connectivity index (χ0v) is 14.5. The number of aliphatic imine (C=N–C) groups is 1. The molecule has 0 fully saturated rings. The van der Waals surface area contributed by atoms with E-state index in [9.17, 15) is 0 Å². The Hall–Kier alpha value is -2.08. The molecule has 0 aliphatic heterocycles. The lowest BCUT2D eigenvalue weighted by molar-refractivity contribution is 0.311. The van der Waals surface area contributed by atoms with Crippen LogP contribution in [-0.2, 0) is 13.0 Å². The first-order valence-electron chi connectivity index (χ1n) is 7.87. The Balaban J connectivity index is 1.61. The van der Waals surface area contributed by atoms with Crippen LogP contribution in [0.1, 0.15) is 24.0 Å². The number of nitrogens with one attached hydrogen (secondary N) is 2. The molecule has 0 bridgehead atoms. The summed E-state index contributed by atoms with van der Waals surface area (Å²) in [6.45, 7) is 4.30. The average molecular weight is 332 g/mol. The Morgan fingerprint density at radius 1 is 1.26 bits per heavy atom. The molecule has 1 aromatic carbocycles. The zero-order chi connectivity index (χ0) is 16.3. The Kier molecular flexibility index (Phi) is 7.39. The monoisotopic (exact) mass is 332 g/mol. The van der Waals surface area contributed by atoms with Crippen LogP contribution in [0.25, 0.3) is 0 Å². The molecule has 1 aromatic heterocycles. The van der Waals surface area contributed by atoms with Gasteiger partial charge in [0.25, 0.3) is 0 Å². The van der Waals surface area contributed by atoms with Crippen molar-refractivity contribution in [3.63, 3.8) is 0 Å². The van der Waals surface area contributed by atoms with E-state index in [-0.39, 0.29) is 0 Å². The maximum Gasteiger partial charge on any atom is 0.191 e. The molecule has 0 saturated carbocycles. The molecule has 0 unspecified atom stereocenters. The highest BCUT2D eigenvalue weighted by Gasteiger charge is 2.02. The van der Waals surface area contributed by atoms with Crippen LogP contribution in [-0.4, -0.2) is 31.1 Å². The van der Waals surface area contributed by atoms with Crippen molar-refractivity contribution in [1.29, 1.82) is 0 Å². The largest absolute Gasteiger partial charge is 0.494 e. The summed E-state index contributed by atoms with van der Waals surface area (Å²) in [5.74, 6) is 1.70. The van der Waals surface area contributed by atoms with E-state index in [2.05, 4.69) is 32.9 Å². The first-order chi connectivity index (χ1) is 11.3. The van der Waals surface area contributed by atoms with Crippen molar-refractivity contribution in [1.82, 2.24) is 15.6 Å². The summed E-state index contributed by atoms with van der Waals surface area (Å²) in [6, 6.07) is 9.86. The van der Waals surface area contributed by atoms with Gasteiger partial charge >= 0.3 is 0 Å². The van der Waals surface area contributed by atoms with E-state index >= 15 is 0 Å².